The van der Waals surface area contributed by atoms with E-state index in [0.717, 1.165) is 48.2 Å². The highest BCUT2D eigenvalue weighted by Crippen LogP contribution is 2.22. The van der Waals surface area contributed by atoms with Crippen LogP contribution in [-0.2, 0) is 14.8 Å². The molecule has 0 heterocycles. The number of carbonyl (C=O) groups is 1. The predicted molar refractivity (Wildman–Crippen MR) is 92.0 cm³/mol. The maximum absolute atomic E-state index is 12.7. The Hall–Kier alpha value is -1.06. The normalized spacial score (nSPS) is 12.5. The number of sulfonamides is 1. The Balaban J connectivity index is 5.15. The van der Waals surface area contributed by atoms with Gasteiger partial charge in [-0.2, -0.15) is 0 Å². The fourth-order valence-corrected chi connectivity index (χ4v) is 3.25. The van der Waals surface area contributed by atoms with Gasteiger partial charge in [-0.15, -0.1) is 5.73 Å². The Morgan fingerprint density at radius 3 is 2.18 bits per heavy atom. The molecule has 22 heavy (non-hydrogen) atoms. The van der Waals surface area contributed by atoms with Gasteiger partial charge in [0.15, 0.2) is 0 Å². The smallest absolute Gasteiger partial charge is 0.243 e. The summed E-state index contributed by atoms with van der Waals surface area (Å²) in [7, 11) is -3.54. The maximum atomic E-state index is 12.7. The van der Waals surface area contributed by atoms with Crippen LogP contribution in [0.1, 0.15) is 65.7 Å². The summed E-state index contributed by atoms with van der Waals surface area (Å²) in [6, 6.07) is 0. The average Bonchev–Trinajstić information content (AvgIpc) is 2.45. The van der Waals surface area contributed by atoms with E-state index in [2.05, 4.69) is 19.2 Å². The van der Waals surface area contributed by atoms with Crippen molar-refractivity contribution >= 4 is 15.9 Å². The SMILES string of the molecule is C=C=C(C)C(CCCCCC)C(=O)N(CCCC)S(C)(=O)=O. The highest BCUT2D eigenvalue weighted by Gasteiger charge is 2.30. The molecule has 0 fully saturated rings. The summed E-state index contributed by atoms with van der Waals surface area (Å²) in [5.41, 5.74) is 3.50. The van der Waals surface area contributed by atoms with Crippen LogP contribution in [-0.4, -0.2) is 31.4 Å². The predicted octanol–water partition coefficient (Wildman–Crippen LogP) is 3.89. The van der Waals surface area contributed by atoms with Gasteiger partial charge in [-0.25, -0.2) is 12.7 Å². The minimum absolute atomic E-state index is 0.254. The van der Waals surface area contributed by atoms with Crippen LogP contribution in [0, 0.1) is 5.92 Å². The number of hydrogen-bond acceptors (Lipinski definition) is 3. The lowest BCUT2D eigenvalue weighted by Gasteiger charge is -2.25. The van der Waals surface area contributed by atoms with Crippen LogP contribution in [0.3, 0.4) is 0 Å². The van der Waals surface area contributed by atoms with Gasteiger partial charge in [-0.3, -0.25) is 4.79 Å². The highest BCUT2D eigenvalue weighted by atomic mass is 32.2. The topological polar surface area (TPSA) is 54.5 Å². The highest BCUT2D eigenvalue weighted by molar-refractivity contribution is 7.88. The molecule has 0 aliphatic carbocycles. The average molecular weight is 330 g/mol. The Bertz CT molecular complexity index is 490. The molecule has 0 aromatic rings. The molecule has 0 aromatic heterocycles. The molecule has 0 saturated carbocycles. The molecule has 0 aliphatic heterocycles. The van der Waals surface area contributed by atoms with Gasteiger partial charge in [-0.1, -0.05) is 52.5 Å². The Morgan fingerprint density at radius 1 is 1.14 bits per heavy atom. The first-order valence-corrected chi connectivity index (χ1v) is 10.0. The van der Waals surface area contributed by atoms with Crippen LogP contribution in [0.4, 0.5) is 0 Å². The van der Waals surface area contributed by atoms with Crippen LogP contribution in [0.5, 0.6) is 0 Å². The lowest BCUT2D eigenvalue weighted by Crippen LogP contribution is -2.41. The summed E-state index contributed by atoms with van der Waals surface area (Å²) in [4.78, 5) is 12.7. The van der Waals surface area contributed by atoms with Crippen molar-refractivity contribution < 1.29 is 13.2 Å². The van der Waals surface area contributed by atoms with E-state index in [0.29, 0.717) is 12.8 Å². The summed E-state index contributed by atoms with van der Waals surface area (Å²) in [6.45, 7) is 9.77. The van der Waals surface area contributed by atoms with Gasteiger partial charge in [0.05, 0.1) is 12.2 Å². The van der Waals surface area contributed by atoms with Gasteiger partial charge in [-0.05, 0) is 25.3 Å². The lowest BCUT2D eigenvalue weighted by molar-refractivity contribution is -0.129. The van der Waals surface area contributed by atoms with Crippen LogP contribution in [0.2, 0.25) is 0 Å². The summed E-state index contributed by atoms with van der Waals surface area (Å²) >= 11 is 0. The van der Waals surface area contributed by atoms with E-state index < -0.39 is 15.9 Å². The number of rotatable bonds is 11. The Morgan fingerprint density at radius 2 is 1.73 bits per heavy atom. The minimum atomic E-state index is -3.54. The van der Waals surface area contributed by atoms with Gasteiger partial charge in [0, 0.05) is 6.54 Å². The van der Waals surface area contributed by atoms with Crippen LogP contribution in [0.25, 0.3) is 0 Å². The first-order chi connectivity index (χ1) is 10.3. The van der Waals surface area contributed by atoms with E-state index >= 15 is 0 Å². The zero-order chi connectivity index (χ0) is 17.2. The van der Waals surface area contributed by atoms with Crippen molar-refractivity contribution in [3.8, 4) is 0 Å². The van der Waals surface area contributed by atoms with E-state index in [-0.39, 0.29) is 12.5 Å². The maximum Gasteiger partial charge on any atom is 0.243 e. The molecule has 0 saturated heterocycles. The van der Waals surface area contributed by atoms with Crippen LogP contribution in [0.15, 0.2) is 17.9 Å². The van der Waals surface area contributed by atoms with E-state index in [9.17, 15) is 13.2 Å². The van der Waals surface area contributed by atoms with E-state index in [1.807, 2.05) is 6.92 Å². The summed E-state index contributed by atoms with van der Waals surface area (Å²) in [5.74, 6) is -0.762. The summed E-state index contributed by atoms with van der Waals surface area (Å²) in [5, 5.41) is 0. The largest absolute Gasteiger partial charge is 0.273 e. The standard InChI is InChI=1S/C17H31NO3S/c1-6-9-11-12-13-16(15(4)8-3)17(19)18(14-10-7-2)22(5,20)21/h16H,3,6-7,9-14H2,1-2,4-5H3. The quantitative estimate of drug-likeness (QED) is 0.427. The molecule has 5 heteroatoms. The molecule has 128 valence electrons. The fraction of sp³-hybridized carbons (Fsp3) is 0.765. The van der Waals surface area contributed by atoms with Crippen LogP contribution >= 0.6 is 0 Å². The van der Waals surface area contributed by atoms with E-state index in [1.54, 1.807) is 6.92 Å². The van der Waals surface area contributed by atoms with Crippen molar-refractivity contribution in [3.63, 3.8) is 0 Å². The second-order valence-corrected chi connectivity index (χ2v) is 7.70. The molecular formula is C17H31NO3S. The number of carbonyl (C=O) groups excluding carboxylic acids is 1. The molecule has 1 unspecified atom stereocenters. The van der Waals surface area contributed by atoms with Crippen molar-refractivity contribution in [1.82, 2.24) is 4.31 Å². The number of unbranched alkanes of at least 4 members (excludes halogenated alkanes) is 4. The van der Waals surface area contributed by atoms with Gasteiger partial charge in [0.2, 0.25) is 15.9 Å². The monoisotopic (exact) mass is 329 g/mol. The third kappa shape index (κ3) is 7.28. The molecular weight excluding hydrogens is 298 g/mol. The zero-order valence-corrected chi connectivity index (χ0v) is 15.3. The molecule has 0 radical (unpaired) electrons. The van der Waals surface area contributed by atoms with Gasteiger partial charge in [0.1, 0.15) is 0 Å². The molecule has 0 N–H and O–H groups in total. The molecule has 4 nitrogen and oxygen atoms in total. The number of hydrogen-bond donors (Lipinski definition) is 0. The lowest BCUT2D eigenvalue weighted by atomic mass is 9.93. The molecule has 1 atom stereocenters. The number of nitrogens with zero attached hydrogens (tertiary/aromatic N) is 1. The van der Waals surface area contributed by atoms with E-state index in [1.165, 1.54) is 0 Å². The van der Waals surface area contributed by atoms with Gasteiger partial charge in [0.25, 0.3) is 0 Å². The third-order valence-electron chi connectivity index (χ3n) is 3.81. The van der Waals surface area contributed by atoms with Crippen LogP contribution < -0.4 is 0 Å². The molecule has 0 rings (SSSR count). The molecule has 0 aromatic carbocycles. The molecule has 1 amide bonds. The van der Waals surface area contributed by atoms with Crippen molar-refractivity contribution in [1.29, 1.82) is 0 Å². The van der Waals surface area contributed by atoms with E-state index in [4.69, 9.17) is 0 Å². The molecule has 0 aliphatic rings. The Labute approximate surface area is 136 Å². The van der Waals surface area contributed by atoms with Gasteiger partial charge >= 0.3 is 0 Å². The first-order valence-electron chi connectivity index (χ1n) is 8.17. The molecule has 0 bridgehead atoms. The van der Waals surface area contributed by atoms with Crippen molar-refractivity contribution in [2.45, 2.75) is 65.7 Å². The number of amides is 1. The second-order valence-electron chi connectivity index (χ2n) is 5.79. The summed E-state index contributed by atoms with van der Waals surface area (Å²) < 4.78 is 24.9. The van der Waals surface area contributed by atoms with Gasteiger partial charge < -0.3 is 0 Å². The Kier molecular flexibility index (Phi) is 10.1. The van der Waals surface area contributed by atoms with Crippen molar-refractivity contribution in [2.24, 2.45) is 5.92 Å². The second kappa shape index (κ2) is 10.6. The summed E-state index contributed by atoms with van der Waals surface area (Å²) in [6.07, 6.45) is 7.50. The zero-order valence-electron chi connectivity index (χ0n) is 14.5. The molecule has 0 spiro atoms. The fourth-order valence-electron chi connectivity index (χ4n) is 2.34. The first kappa shape index (κ1) is 20.9. The van der Waals surface area contributed by atoms with Crippen molar-refractivity contribution in [2.75, 3.05) is 12.8 Å². The minimum Gasteiger partial charge on any atom is -0.273 e. The third-order valence-corrected chi connectivity index (χ3v) is 4.97. The van der Waals surface area contributed by atoms with Crippen molar-refractivity contribution in [3.05, 3.63) is 17.9 Å².